The van der Waals surface area contributed by atoms with Crippen LogP contribution in [0, 0.1) is 11.8 Å². The van der Waals surface area contributed by atoms with Crippen LogP contribution in [0.1, 0.15) is 51.6 Å². The van der Waals surface area contributed by atoms with E-state index in [9.17, 15) is 0 Å². The Morgan fingerprint density at radius 2 is 2.17 bits per heavy atom. The Morgan fingerprint density at radius 3 is 2.89 bits per heavy atom. The van der Waals surface area contributed by atoms with Gasteiger partial charge in [0.05, 0.1) is 12.0 Å². The van der Waals surface area contributed by atoms with E-state index in [0.29, 0.717) is 5.92 Å². The summed E-state index contributed by atoms with van der Waals surface area (Å²) in [5.74, 6) is 1.67. The molecule has 1 N–H and O–H groups in total. The number of aromatic nitrogens is 2. The summed E-state index contributed by atoms with van der Waals surface area (Å²) in [6, 6.07) is 0. The van der Waals surface area contributed by atoms with E-state index in [1.807, 2.05) is 12.5 Å². The van der Waals surface area contributed by atoms with E-state index < -0.39 is 0 Å². The zero-order valence-electron chi connectivity index (χ0n) is 11.9. The van der Waals surface area contributed by atoms with Crippen molar-refractivity contribution >= 4 is 0 Å². The van der Waals surface area contributed by atoms with Gasteiger partial charge in [-0.1, -0.05) is 39.5 Å². The maximum absolute atomic E-state index is 4.29. The van der Waals surface area contributed by atoms with Crippen LogP contribution in [0.15, 0.2) is 12.5 Å². The molecule has 1 aliphatic carbocycles. The van der Waals surface area contributed by atoms with E-state index in [4.69, 9.17) is 0 Å². The van der Waals surface area contributed by atoms with Crippen LogP contribution < -0.4 is 5.32 Å². The first-order valence-electron chi connectivity index (χ1n) is 7.45. The summed E-state index contributed by atoms with van der Waals surface area (Å²) in [4.78, 5) is 4.29. The molecule has 3 nitrogen and oxygen atoms in total. The predicted octanol–water partition coefficient (Wildman–Crippen LogP) is 3.21. The van der Waals surface area contributed by atoms with E-state index in [0.717, 1.165) is 25.6 Å². The largest absolute Gasteiger partial charge is 0.333 e. The molecule has 102 valence electrons. The number of aryl methyl sites for hydroxylation is 1. The molecule has 0 radical (unpaired) electrons. The summed E-state index contributed by atoms with van der Waals surface area (Å²) in [6.07, 6.45) is 11.1. The molecule has 1 aliphatic rings. The molecule has 0 saturated heterocycles. The van der Waals surface area contributed by atoms with Crippen LogP contribution in [0.3, 0.4) is 0 Å². The Labute approximate surface area is 111 Å². The predicted molar refractivity (Wildman–Crippen MR) is 75.3 cm³/mol. The number of nitrogens with zero attached hydrogens (tertiary/aromatic N) is 2. The van der Waals surface area contributed by atoms with E-state index >= 15 is 0 Å². The molecule has 18 heavy (non-hydrogen) atoms. The van der Waals surface area contributed by atoms with Gasteiger partial charge in [0.1, 0.15) is 0 Å². The molecule has 1 saturated carbocycles. The third kappa shape index (κ3) is 4.13. The Morgan fingerprint density at radius 1 is 1.39 bits per heavy atom. The van der Waals surface area contributed by atoms with Gasteiger partial charge in [-0.05, 0) is 24.8 Å². The summed E-state index contributed by atoms with van der Waals surface area (Å²) in [5, 5.41) is 3.49. The van der Waals surface area contributed by atoms with Gasteiger partial charge in [0, 0.05) is 19.3 Å². The number of hydrogen-bond acceptors (Lipinski definition) is 2. The molecule has 1 heterocycles. The van der Waals surface area contributed by atoms with Crippen LogP contribution in [0.4, 0.5) is 0 Å². The van der Waals surface area contributed by atoms with Crippen molar-refractivity contribution in [3.05, 3.63) is 18.2 Å². The summed E-state index contributed by atoms with van der Waals surface area (Å²) in [7, 11) is 0. The molecule has 0 bridgehead atoms. The minimum Gasteiger partial charge on any atom is -0.333 e. The molecule has 3 heteroatoms. The molecule has 1 fully saturated rings. The van der Waals surface area contributed by atoms with Crippen molar-refractivity contribution in [2.24, 2.45) is 11.8 Å². The topological polar surface area (TPSA) is 29.9 Å². The van der Waals surface area contributed by atoms with Gasteiger partial charge in [-0.2, -0.15) is 0 Å². The fourth-order valence-electron chi connectivity index (χ4n) is 2.81. The number of hydrogen-bond donors (Lipinski definition) is 1. The standard InChI is InChI=1S/C15H27N3/c1-13(2)9-16-10-15-11-17-12-18(15)8-7-14-5-3-4-6-14/h11-14,16H,3-10H2,1-2H3. The van der Waals surface area contributed by atoms with Gasteiger partial charge < -0.3 is 9.88 Å². The van der Waals surface area contributed by atoms with Crippen LogP contribution in [-0.4, -0.2) is 16.1 Å². The average molecular weight is 249 g/mol. The molecule has 0 atom stereocenters. The number of nitrogens with one attached hydrogen (secondary N) is 1. The summed E-state index contributed by atoms with van der Waals surface area (Å²) in [6.45, 7) is 7.65. The first-order valence-corrected chi connectivity index (χ1v) is 7.45. The molecule has 0 aliphatic heterocycles. The third-order valence-electron chi connectivity index (χ3n) is 3.91. The molecular formula is C15H27N3. The van der Waals surface area contributed by atoms with Crippen molar-refractivity contribution in [3.63, 3.8) is 0 Å². The van der Waals surface area contributed by atoms with Gasteiger partial charge in [-0.15, -0.1) is 0 Å². The van der Waals surface area contributed by atoms with E-state index in [2.05, 4.69) is 28.7 Å². The first kappa shape index (κ1) is 13.6. The highest BCUT2D eigenvalue weighted by Gasteiger charge is 2.15. The Hall–Kier alpha value is -0.830. The second-order valence-corrected chi connectivity index (χ2v) is 6.04. The SMILES string of the molecule is CC(C)CNCc1cncn1CCC1CCCC1. The Bertz CT molecular complexity index is 337. The normalized spacial score (nSPS) is 16.8. The highest BCUT2D eigenvalue weighted by Crippen LogP contribution is 2.27. The van der Waals surface area contributed by atoms with E-state index in [1.165, 1.54) is 37.8 Å². The number of rotatable bonds is 7. The minimum absolute atomic E-state index is 0.708. The fourth-order valence-corrected chi connectivity index (χ4v) is 2.81. The smallest absolute Gasteiger partial charge is 0.0948 e. The van der Waals surface area contributed by atoms with Crippen molar-refractivity contribution in [2.75, 3.05) is 6.54 Å². The molecule has 0 aromatic carbocycles. The Balaban J connectivity index is 1.75. The second kappa shape index (κ2) is 6.93. The monoisotopic (exact) mass is 249 g/mol. The van der Waals surface area contributed by atoms with Crippen molar-refractivity contribution < 1.29 is 0 Å². The lowest BCUT2D eigenvalue weighted by Gasteiger charge is -2.13. The van der Waals surface area contributed by atoms with Crippen molar-refractivity contribution in [1.82, 2.24) is 14.9 Å². The highest BCUT2D eigenvalue weighted by molar-refractivity contribution is 4.98. The zero-order chi connectivity index (χ0) is 12.8. The fraction of sp³-hybridized carbons (Fsp3) is 0.800. The maximum atomic E-state index is 4.29. The lowest BCUT2D eigenvalue weighted by molar-refractivity contribution is 0.447. The van der Waals surface area contributed by atoms with Gasteiger partial charge in [0.25, 0.3) is 0 Å². The van der Waals surface area contributed by atoms with Gasteiger partial charge in [-0.3, -0.25) is 0 Å². The summed E-state index contributed by atoms with van der Waals surface area (Å²) >= 11 is 0. The van der Waals surface area contributed by atoms with E-state index in [-0.39, 0.29) is 0 Å². The minimum atomic E-state index is 0.708. The molecule has 0 unspecified atom stereocenters. The quantitative estimate of drug-likeness (QED) is 0.804. The first-order chi connectivity index (χ1) is 8.75. The summed E-state index contributed by atoms with van der Waals surface area (Å²) < 4.78 is 2.33. The molecule has 1 aromatic rings. The molecule has 2 rings (SSSR count). The lowest BCUT2D eigenvalue weighted by Crippen LogP contribution is -2.21. The van der Waals surface area contributed by atoms with Crippen molar-refractivity contribution in [3.8, 4) is 0 Å². The summed E-state index contributed by atoms with van der Waals surface area (Å²) in [5.41, 5.74) is 1.33. The average Bonchev–Trinajstić information content (AvgIpc) is 2.96. The van der Waals surface area contributed by atoms with Crippen LogP contribution in [0.25, 0.3) is 0 Å². The van der Waals surface area contributed by atoms with Crippen molar-refractivity contribution in [2.45, 2.75) is 59.0 Å². The lowest BCUT2D eigenvalue weighted by atomic mass is 10.0. The van der Waals surface area contributed by atoms with Crippen LogP contribution in [0.2, 0.25) is 0 Å². The maximum Gasteiger partial charge on any atom is 0.0948 e. The molecular weight excluding hydrogens is 222 g/mol. The van der Waals surface area contributed by atoms with Crippen LogP contribution in [-0.2, 0) is 13.1 Å². The third-order valence-corrected chi connectivity index (χ3v) is 3.91. The van der Waals surface area contributed by atoms with Crippen molar-refractivity contribution in [1.29, 1.82) is 0 Å². The van der Waals surface area contributed by atoms with Crippen LogP contribution >= 0.6 is 0 Å². The Kier molecular flexibility index (Phi) is 5.24. The highest BCUT2D eigenvalue weighted by atomic mass is 15.1. The van der Waals surface area contributed by atoms with E-state index in [1.54, 1.807) is 0 Å². The molecule has 1 aromatic heterocycles. The molecule has 0 amide bonds. The van der Waals surface area contributed by atoms with Gasteiger partial charge in [0.2, 0.25) is 0 Å². The zero-order valence-corrected chi connectivity index (χ0v) is 11.9. The van der Waals surface area contributed by atoms with Gasteiger partial charge in [-0.25, -0.2) is 4.98 Å². The molecule has 0 spiro atoms. The van der Waals surface area contributed by atoms with Gasteiger partial charge >= 0.3 is 0 Å². The van der Waals surface area contributed by atoms with Crippen LogP contribution in [0.5, 0.6) is 0 Å². The number of imidazole rings is 1. The second-order valence-electron chi connectivity index (χ2n) is 6.04. The van der Waals surface area contributed by atoms with Gasteiger partial charge in [0.15, 0.2) is 0 Å².